The summed E-state index contributed by atoms with van der Waals surface area (Å²) in [5, 5.41) is 11.3. The predicted molar refractivity (Wildman–Crippen MR) is 64.9 cm³/mol. The molecule has 0 bridgehead atoms. The van der Waals surface area contributed by atoms with Gasteiger partial charge in [0, 0.05) is 30.3 Å². The van der Waals surface area contributed by atoms with Crippen LogP contribution in [0.3, 0.4) is 0 Å². The van der Waals surface area contributed by atoms with Crippen molar-refractivity contribution in [2.75, 3.05) is 0 Å². The highest BCUT2D eigenvalue weighted by molar-refractivity contribution is 6.30. The highest BCUT2D eigenvalue weighted by atomic mass is 35.5. The minimum atomic E-state index is -1.31. The number of aliphatic carboxylic acids is 1. The Kier molecular flexibility index (Phi) is 3.85. The van der Waals surface area contributed by atoms with Crippen molar-refractivity contribution in [2.45, 2.75) is 25.3 Å². The van der Waals surface area contributed by atoms with E-state index in [1.807, 2.05) is 0 Å². The number of carbonyl (C=O) groups excluding carboxylic acids is 3. The quantitative estimate of drug-likeness (QED) is 0.760. The second-order valence-corrected chi connectivity index (χ2v) is 4.74. The molecule has 1 aromatic carbocycles. The maximum atomic E-state index is 11.7. The predicted octanol–water partition coefficient (Wildman–Crippen LogP) is 0.670. The number of hydrogen-bond acceptors (Lipinski definition) is 4. The number of carboxylic acids is 1. The minimum Gasteiger partial charge on any atom is -0.550 e. The van der Waals surface area contributed by atoms with Gasteiger partial charge in [0.15, 0.2) is 0 Å². The normalized spacial score (nSPS) is 16.8. The Bertz CT molecular complexity index is 510. The van der Waals surface area contributed by atoms with Crippen molar-refractivity contribution in [3.63, 3.8) is 0 Å². The van der Waals surface area contributed by atoms with Gasteiger partial charge >= 0.3 is 0 Å². The summed E-state index contributed by atoms with van der Waals surface area (Å²) in [6.45, 7) is 0. The molecule has 2 amide bonds. The topological polar surface area (TPSA) is 77.5 Å². The van der Waals surface area contributed by atoms with E-state index >= 15 is 0 Å². The first-order valence-corrected chi connectivity index (χ1v) is 6.17. The molecule has 0 unspecified atom stereocenters. The maximum Gasteiger partial charge on any atom is 0.230 e. The molecular weight excluding hydrogens is 270 g/mol. The lowest BCUT2D eigenvalue weighted by molar-refractivity contribution is -0.306. The average Bonchev–Trinajstić information content (AvgIpc) is 2.67. The lowest BCUT2D eigenvalue weighted by Gasteiger charge is -2.27. The van der Waals surface area contributed by atoms with Crippen LogP contribution in [0.2, 0.25) is 5.02 Å². The molecule has 1 aromatic rings. The van der Waals surface area contributed by atoms with Crippen LogP contribution in [0.25, 0.3) is 0 Å². The Hall–Kier alpha value is -1.88. The molecule has 0 N–H and O–H groups in total. The molecule has 0 saturated carbocycles. The van der Waals surface area contributed by atoms with E-state index in [1.54, 1.807) is 24.3 Å². The summed E-state index contributed by atoms with van der Waals surface area (Å²) in [4.78, 5) is 35.3. The fourth-order valence-electron chi connectivity index (χ4n) is 2.14. The van der Waals surface area contributed by atoms with Crippen molar-refractivity contribution < 1.29 is 19.5 Å². The summed E-state index contributed by atoms with van der Waals surface area (Å²) in [5.74, 6) is -2.02. The van der Waals surface area contributed by atoms with Gasteiger partial charge in [0.25, 0.3) is 0 Å². The molecule has 1 heterocycles. The van der Waals surface area contributed by atoms with Crippen LogP contribution in [0.4, 0.5) is 0 Å². The van der Waals surface area contributed by atoms with Crippen molar-refractivity contribution in [3.05, 3.63) is 34.9 Å². The Morgan fingerprint density at radius 1 is 1.21 bits per heavy atom. The molecule has 1 saturated heterocycles. The molecule has 6 heteroatoms. The Balaban J connectivity index is 2.35. The van der Waals surface area contributed by atoms with Crippen LogP contribution in [-0.4, -0.2) is 22.7 Å². The lowest BCUT2D eigenvalue weighted by atomic mass is 10.0. The molecule has 2 rings (SSSR count). The number of carboxylic acid groups (broad SMARTS) is 1. The number of imide groups is 1. The molecule has 0 radical (unpaired) electrons. The zero-order valence-electron chi connectivity index (χ0n) is 9.97. The largest absolute Gasteiger partial charge is 0.550 e. The SMILES string of the molecule is O=C([O-])C[C@H](c1ccc(Cl)cc1)N1C(=O)CCC1=O. The van der Waals surface area contributed by atoms with Crippen LogP contribution in [-0.2, 0) is 14.4 Å². The van der Waals surface area contributed by atoms with Gasteiger partial charge in [-0.15, -0.1) is 0 Å². The number of carbonyl (C=O) groups is 3. The van der Waals surface area contributed by atoms with E-state index in [0.717, 1.165) is 4.90 Å². The first-order chi connectivity index (χ1) is 8.99. The smallest absolute Gasteiger partial charge is 0.230 e. The molecule has 1 fully saturated rings. The van der Waals surface area contributed by atoms with Crippen LogP contribution in [0.5, 0.6) is 0 Å². The molecule has 0 spiro atoms. The van der Waals surface area contributed by atoms with E-state index in [4.69, 9.17) is 11.6 Å². The van der Waals surface area contributed by atoms with Crippen molar-refractivity contribution in [2.24, 2.45) is 0 Å². The highest BCUT2D eigenvalue weighted by Gasteiger charge is 2.35. The molecule has 0 aromatic heterocycles. The monoisotopic (exact) mass is 280 g/mol. The van der Waals surface area contributed by atoms with Crippen LogP contribution >= 0.6 is 11.6 Å². The van der Waals surface area contributed by atoms with E-state index in [0.29, 0.717) is 10.6 Å². The zero-order valence-corrected chi connectivity index (χ0v) is 10.7. The highest BCUT2D eigenvalue weighted by Crippen LogP contribution is 2.30. The molecular formula is C13H11ClNO4-. The van der Waals surface area contributed by atoms with Crippen LogP contribution in [0.1, 0.15) is 30.9 Å². The van der Waals surface area contributed by atoms with E-state index < -0.39 is 18.4 Å². The maximum absolute atomic E-state index is 11.7. The van der Waals surface area contributed by atoms with Crippen LogP contribution in [0, 0.1) is 0 Å². The number of amides is 2. The van der Waals surface area contributed by atoms with Crippen LogP contribution in [0.15, 0.2) is 24.3 Å². The molecule has 5 nitrogen and oxygen atoms in total. The van der Waals surface area contributed by atoms with Crippen molar-refractivity contribution in [3.8, 4) is 0 Å². The standard InChI is InChI=1S/C13H12ClNO4/c14-9-3-1-8(2-4-9)10(7-13(18)19)15-11(16)5-6-12(15)17/h1-4,10H,5-7H2,(H,18,19)/p-1/t10-/m1/s1. The van der Waals surface area contributed by atoms with Gasteiger partial charge in [-0.2, -0.15) is 0 Å². The number of hydrogen-bond donors (Lipinski definition) is 0. The van der Waals surface area contributed by atoms with E-state index in [2.05, 4.69) is 0 Å². The minimum absolute atomic E-state index is 0.121. The number of rotatable bonds is 4. The van der Waals surface area contributed by atoms with Gasteiger partial charge in [0.05, 0.1) is 6.04 Å². The van der Waals surface area contributed by atoms with Gasteiger partial charge in [-0.3, -0.25) is 14.5 Å². The summed E-state index contributed by atoms with van der Waals surface area (Å²) in [5.41, 5.74) is 0.553. The second kappa shape index (κ2) is 5.40. The summed E-state index contributed by atoms with van der Waals surface area (Å²) >= 11 is 5.76. The Morgan fingerprint density at radius 2 is 1.74 bits per heavy atom. The second-order valence-electron chi connectivity index (χ2n) is 4.30. The average molecular weight is 281 g/mol. The molecule has 1 aliphatic rings. The first kappa shape index (κ1) is 13.5. The van der Waals surface area contributed by atoms with Gasteiger partial charge in [0.2, 0.25) is 11.8 Å². The first-order valence-electron chi connectivity index (χ1n) is 5.79. The van der Waals surface area contributed by atoms with Crippen molar-refractivity contribution >= 4 is 29.4 Å². The summed E-state index contributed by atoms with van der Waals surface area (Å²) in [6, 6.07) is 5.56. The molecule has 1 atom stereocenters. The molecule has 19 heavy (non-hydrogen) atoms. The Labute approximate surface area is 114 Å². The summed E-state index contributed by atoms with van der Waals surface area (Å²) in [6.07, 6.45) is -0.176. The van der Waals surface area contributed by atoms with E-state index in [-0.39, 0.29) is 24.7 Å². The van der Waals surface area contributed by atoms with Crippen LogP contribution < -0.4 is 5.11 Å². The number of benzene rings is 1. The molecule has 100 valence electrons. The van der Waals surface area contributed by atoms with Gasteiger partial charge < -0.3 is 9.90 Å². The van der Waals surface area contributed by atoms with Crippen molar-refractivity contribution in [1.29, 1.82) is 0 Å². The van der Waals surface area contributed by atoms with Gasteiger partial charge in [-0.1, -0.05) is 23.7 Å². The summed E-state index contributed by atoms with van der Waals surface area (Å²) in [7, 11) is 0. The number of likely N-dealkylation sites (tertiary alicyclic amines) is 1. The summed E-state index contributed by atoms with van der Waals surface area (Å²) < 4.78 is 0. The lowest BCUT2D eigenvalue weighted by Crippen LogP contribution is -2.37. The molecule has 1 aliphatic heterocycles. The van der Waals surface area contributed by atoms with Gasteiger partial charge in [0.1, 0.15) is 0 Å². The third kappa shape index (κ3) is 2.93. The van der Waals surface area contributed by atoms with Gasteiger partial charge in [-0.05, 0) is 17.7 Å². The fraction of sp³-hybridized carbons (Fsp3) is 0.308. The zero-order chi connectivity index (χ0) is 14.0. The fourth-order valence-corrected chi connectivity index (χ4v) is 2.27. The van der Waals surface area contributed by atoms with Crippen molar-refractivity contribution in [1.82, 2.24) is 4.90 Å². The third-order valence-corrected chi connectivity index (χ3v) is 3.27. The number of nitrogens with zero attached hydrogens (tertiary/aromatic N) is 1. The van der Waals surface area contributed by atoms with E-state index in [9.17, 15) is 19.5 Å². The third-order valence-electron chi connectivity index (χ3n) is 3.02. The van der Waals surface area contributed by atoms with Gasteiger partial charge in [-0.25, -0.2) is 0 Å². The van der Waals surface area contributed by atoms with E-state index in [1.165, 1.54) is 0 Å². The molecule has 0 aliphatic carbocycles. The number of halogens is 1. The Morgan fingerprint density at radius 3 is 2.21 bits per heavy atom.